The van der Waals surface area contributed by atoms with Crippen molar-refractivity contribution < 1.29 is 22.7 Å². The fourth-order valence-corrected chi connectivity index (χ4v) is 5.64. The molecule has 2 aromatic carbocycles. The summed E-state index contributed by atoms with van der Waals surface area (Å²) in [5.74, 6) is -1.53. The van der Waals surface area contributed by atoms with E-state index in [2.05, 4.69) is 5.32 Å². The number of aromatic nitrogens is 2. The molecule has 0 radical (unpaired) electrons. The predicted molar refractivity (Wildman–Crippen MR) is 134 cm³/mol. The Bertz CT molecular complexity index is 1450. The fourth-order valence-electron chi connectivity index (χ4n) is 4.08. The lowest BCUT2D eigenvalue weighted by Gasteiger charge is -2.16. The molecule has 0 bridgehead atoms. The maximum atomic E-state index is 13.0. The van der Waals surface area contributed by atoms with Crippen LogP contribution in [0.2, 0.25) is 0 Å². The van der Waals surface area contributed by atoms with E-state index >= 15 is 0 Å². The number of benzene rings is 2. The first-order chi connectivity index (χ1) is 17.1. The molecule has 3 aromatic rings. The van der Waals surface area contributed by atoms with Gasteiger partial charge in [0.15, 0.2) is 6.10 Å². The summed E-state index contributed by atoms with van der Waals surface area (Å²) in [7, 11) is -2.01. The van der Waals surface area contributed by atoms with Gasteiger partial charge in [-0.25, -0.2) is 17.9 Å². The molecule has 0 saturated carbocycles. The second-order valence-corrected chi connectivity index (χ2v) is 10.6. The van der Waals surface area contributed by atoms with E-state index < -0.39 is 33.6 Å². The number of anilines is 1. The average molecular weight is 513 g/mol. The minimum absolute atomic E-state index is 0.00247. The molecule has 1 aromatic heterocycles. The monoisotopic (exact) mass is 512 g/mol. The third kappa shape index (κ3) is 4.84. The van der Waals surface area contributed by atoms with Gasteiger partial charge in [-0.2, -0.15) is 4.31 Å². The molecule has 190 valence electrons. The Balaban J connectivity index is 1.48. The van der Waals surface area contributed by atoms with Crippen molar-refractivity contribution in [1.82, 2.24) is 13.7 Å². The average Bonchev–Trinajstić information content (AvgIpc) is 3.49. The van der Waals surface area contributed by atoms with Gasteiger partial charge in [-0.05, 0) is 57.0 Å². The van der Waals surface area contributed by atoms with Crippen molar-refractivity contribution in [2.24, 2.45) is 7.05 Å². The van der Waals surface area contributed by atoms with Crippen LogP contribution in [0.15, 0.2) is 64.3 Å². The lowest BCUT2D eigenvalue weighted by atomic mass is 10.2. The van der Waals surface area contributed by atoms with Gasteiger partial charge in [0, 0.05) is 20.1 Å². The van der Waals surface area contributed by atoms with Crippen LogP contribution < -0.4 is 10.9 Å². The quantitative estimate of drug-likeness (QED) is 0.486. The Kier molecular flexibility index (Phi) is 7.14. The van der Waals surface area contributed by atoms with E-state index in [9.17, 15) is 22.8 Å². The van der Waals surface area contributed by atoms with Crippen LogP contribution in [0.3, 0.4) is 0 Å². The Morgan fingerprint density at radius 3 is 2.36 bits per heavy atom. The van der Waals surface area contributed by atoms with Crippen molar-refractivity contribution in [1.29, 1.82) is 0 Å². The highest BCUT2D eigenvalue weighted by atomic mass is 32.2. The molecule has 1 N–H and O–H groups in total. The van der Waals surface area contributed by atoms with Crippen LogP contribution in [-0.4, -0.2) is 53.2 Å². The van der Waals surface area contributed by atoms with Crippen molar-refractivity contribution in [3.05, 3.63) is 76.2 Å². The minimum atomic E-state index is -3.71. The number of esters is 1. The number of rotatable bonds is 7. The van der Waals surface area contributed by atoms with E-state index in [0.29, 0.717) is 24.5 Å². The lowest BCUT2D eigenvalue weighted by Crippen LogP contribution is -2.32. The number of carbonyl (C=O) groups excluding carboxylic acids is 2. The summed E-state index contributed by atoms with van der Waals surface area (Å²) in [6, 6.07) is 14.5. The van der Waals surface area contributed by atoms with Crippen LogP contribution >= 0.6 is 0 Å². The van der Waals surface area contributed by atoms with Gasteiger partial charge in [0.1, 0.15) is 5.69 Å². The molecule has 0 unspecified atom stereocenters. The maximum absolute atomic E-state index is 13.0. The lowest BCUT2D eigenvalue weighted by molar-refractivity contribution is -0.123. The SMILES string of the molecule is Cc1c(NC(=O)[C@H](C)OC(=O)c2cccc(S(=O)(=O)N3CCCC3)c2)c(=O)n(-c2ccccc2)n1C. The minimum Gasteiger partial charge on any atom is -0.449 e. The molecule has 11 heteroatoms. The third-order valence-electron chi connectivity index (χ3n) is 6.23. The number of hydrogen-bond acceptors (Lipinski definition) is 6. The zero-order valence-electron chi connectivity index (χ0n) is 20.3. The standard InChI is InChI=1S/C25H28N4O6S/c1-17-22(24(31)29(27(17)3)20-11-5-4-6-12-20)26-23(30)18(2)35-25(32)19-10-9-13-21(16-19)36(33,34)28-14-7-8-15-28/h4-6,9-13,16,18H,7-8,14-15H2,1-3H3,(H,26,30)/t18-/m0/s1. The highest BCUT2D eigenvalue weighted by Gasteiger charge is 2.28. The molecular weight excluding hydrogens is 484 g/mol. The van der Waals surface area contributed by atoms with Crippen LogP contribution in [-0.2, 0) is 26.6 Å². The number of sulfonamides is 1. The van der Waals surface area contributed by atoms with E-state index in [1.54, 1.807) is 42.9 Å². The number of ether oxygens (including phenoxy) is 1. The van der Waals surface area contributed by atoms with Gasteiger partial charge in [-0.15, -0.1) is 0 Å². The molecule has 0 spiro atoms. The van der Waals surface area contributed by atoms with Gasteiger partial charge in [0.25, 0.3) is 11.5 Å². The van der Waals surface area contributed by atoms with Gasteiger partial charge in [-0.3, -0.25) is 14.3 Å². The van der Waals surface area contributed by atoms with Gasteiger partial charge in [0.05, 0.1) is 21.8 Å². The third-order valence-corrected chi connectivity index (χ3v) is 8.12. The first-order valence-corrected chi connectivity index (χ1v) is 13.0. The second kappa shape index (κ2) is 10.1. The van der Waals surface area contributed by atoms with Gasteiger partial charge in [-0.1, -0.05) is 24.3 Å². The highest BCUT2D eigenvalue weighted by molar-refractivity contribution is 7.89. The number of amides is 1. The maximum Gasteiger partial charge on any atom is 0.338 e. The van der Waals surface area contributed by atoms with E-state index in [1.165, 1.54) is 40.2 Å². The van der Waals surface area contributed by atoms with E-state index in [1.807, 2.05) is 6.07 Å². The second-order valence-electron chi connectivity index (χ2n) is 8.61. The normalized spacial score (nSPS) is 15.0. The Morgan fingerprint density at radius 2 is 1.69 bits per heavy atom. The smallest absolute Gasteiger partial charge is 0.338 e. The van der Waals surface area contributed by atoms with Crippen molar-refractivity contribution >= 4 is 27.6 Å². The molecule has 4 rings (SSSR count). The molecule has 1 aliphatic rings. The molecule has 0 aliphatic carbocycles. The van der Waals surface area contributed by atoms with Crippen LogP contribution in [0.25, 0.3) is 5.69 Å². The summed E-state index contributed by atoms with van der Waals surface area (Å²) in [6.07, 6.45) is 0.357. The number of para-hydroxylation sites is 1. The summed E-state index contributed by atoms with van der Waals surface area (Å²) in [5.41, 5.74) is 0.825. The zero-order chi connectivity index (χ0) is 26.0. The highest BCUT2D eigenvalue weighted by Crippen LogP contribution is 2.22. The molecule has 36 heavy (non-hydrogen) atoms. The van der Waals surface area contributed by atoms with Gasteiger partial charge < -0.3 is 10.1 Å². The summed E-state index contributed by atoms with van der Waals surface area (Å²) in [5, 5.41) is 2.57. The van der Waals surface area contributed by atoms with Crippen LogP contribution in [0.1, 0.15) is 35.8 Å². The zero-order valence-corrected chi connectivity index (χ0v) is 21.1. The molecule has 1 amide bonds. The van der Waals surface area contributed by atoms with Crippen LogP contribution in [0, 0.1) is 6.92 Å². The van der Waals surface area contributed by atoms with E-state index in [0.717, 1.165) is 12.8 Å². The van der Waals surface area contributed by atoms with Gasteiger partial charge in [0.2, 0.25) is 10.0 Å². The number of nitrogens with zero attached hydrogens (tertiary/aromatic N) is 3. The molecule has 2 heterocycles. The van der Waals surface area contributed by atoms with Crippen molar-refractivity contribution in [2.45, 2.75) is 37.7 Å². The van der Waals surface area contributed by atoms with Crippen molar-refractivity contribution in [3.63, 3.8) is 0 Å². The summed E-state index contributed by atoms with van der Waals surface area (Å²) >= 11 is 0. The number of nitrogens with one attached hydrogen (secondary N) is 1. The largest absolute Gasteiger partial charge is 0.449 e. The predicted octanol–water partition coefficient (Wildman–Crippen LogP) is 2.45. The first-order valence-electron chi connectivity index (χ1n) is 11.6. The topological polar surface area (TPSA) is 120 Å². The molecule has 1 atom stereocenters. The first kappa shape index (κ1) is 25.4. The molecule has 10 nitrogen and oxygen atoms in total. The summed E-state index contributed by atoms with van der Waals surface area (Å²) < 4.78 is 35.4. The molecule has 1 saturated heterocycles. The fraction of sp³-hybridized carbons (Fsp3) is 0.320. The summed E-state index contributed by atoms with van der Waals surface area (Å²) in [4.78, 5) is 38.5. The Morgan fingerprint density at radius 1 is 1.03 bits per heavy atom. The Labute approximate surface area is 209 Å². The van der Waals surface area contributed by atoms with Gasteiger partial charge >= 0.3 is 5.97 Å². The van der Waals surface area contributed by atoms with Crippen molar-refractivity contribution in [2.75, 3.05) is 18.4 Å². The van der Waals surface area contributed by atoms with Crippen LogP contribution in [0.4, 0.5) is 5.69 Å². The number of hydrogen-bond donors (Lipinski definition) is 1. The van der Waals surface area contributed by atoms with E-state index in [4.69, 9.17) is 4.74 Å². The van der Waals surface area contributed by atoms with Crippen molar-refractivity contribution in [3.8, 4) is 5.69 Å². The van der Waals surface area contributed by atoms with E-state index in [-0.39, 0.29) is 16.1 Å². The molecule has 1 aliphatic heterocycles. The molecule has 1 fully saturated rings. The van der Waals surface area contributed by atoms with Crippen LogP contribution in [0.5, 0.6) is 0 Å². The molecular formula is C25H28N4O6S. The summed E-state index contributed by atoms with van der Waals surface area (Å²) in [6.45, 7) is 3.96. The Hall–Kier alpha value is -3.70. The number of carbonyl (C=O) groups is 2.